The molecule has 0 saturated heterocycles. The molecule has 0 fully saturated rings. The van der Waals surface area contributed by atoms with Crippen LogP contribution in [0.2, 0.25) is 29.7 Å². The Morgan fingerprint density at radius 2 is 1.88 bits per heavy atom. The molecular weight excluding hydrogens is 259 g/mol. The van der Waals surface area contributed by atoms with Crippen LogP contribution in [0.4, 0.5) is 0 Å². The van der Waals surface area contributed by atoms with Gasteiger partial charge in [-0.05, 0) is 18.1 Å². The van der Waals surface area contributed by atoms with Crippen LogP contribution in [0.25, 0.3) is 0 Å². The first-order valence-corrected chi connectivity index (χ1v) is 9.08. The first kappa shape index (κ1) is 13.3. The van der Waals surface area contributed by atoms with Gasteiger partial charge in [0.15, 0.2) is 0 Å². The van der Waals surface area contributed by atoms with Gasteiger partial charge in [-0.15, -0.1) is 5.54 Å². The highest BCUT2D eigenvalue weighted by molar-refractivity contribution is 6.84. The van der Waals surface area contributed by atoms with E-state index in [-0.39, 0.29) is 10.8 Å². The first-order valence-electron chi connectivity index (χ1n) is 4.83. The standard InChI is InChI=1S/C12H12Cl2OSi/c1-16(2,3)8-7-11(15)9-5-4-6-10(13)12(9)14/h4-6H,1-3H3. The smallest absolute Gasteiger partial charge is 0.236 e. The normalized spacial score (nSPS) is 10.6. The van der Waals surface area contributed by atoms with Crippen LogP contribution in [0, 0.1) is 11.5 Å². The Morgan fingerprint density at radius 3 is 2.44 bits per heavy atom. The average Bonchev–Trinajstić information content (AvgIpc) is 2.17. The van der Waals surface area contributed by atoms with E-state index >= 15 is 0 Å². The van der Waals surface area contributed by atoms with Crippen LogP contribution in [0.3, 0.4) is 0 Å². The van der Waals surface area contributed by atoms with Crippen LogP contribution in [0.1, 0.15) is 10.4 Å². The van der Waals surface area contributed by atoms with Gasteiger partial charge < -0.3 is 0 Å². The van der Waals surface area contributed by atoms with Crippen LogP contribution < -0.4 is 0 Å². The first-order chi connectivity index (χ1) is 7.31. The molecule has 0 aromatic heterocycles. The molecule has 16 heavy (non-hydrogen) atoms. The summed E-state index contributed by atoms with van der Waals surface area (Å²) < 4.78 is 0. The number of Topliss-reactive ketones (excluding diaryl/α,β-unsaturated/α-hetero) is 1. The molecule has 1 aromatic rings. The van der Waals surface area contributed by atoms with E-state index in [1.54, 1.807) is 18.2 Å². The summed E-state index contributed by atoms with van der Waals surface area (Å²) in [5, 5.41) is 0.654. The van der Waals surface area contributed by atoms with Gasteiger partial charge in [0, 0.05) is 0 Å². The molecule has 0 aliphatic heterocycles. The van der Waals surface area contributed by atoms with Gasteiger partial charge in [0.2, 0.25) is 5.78 Å². The molecule has 0 amide bonds. The largest absolute Gasteiger partial charge is 0.279 e. The number of rotatable bonds is 1. The van der Waals surface area contributed by atoms with E-state index < -0.39 is 8.07 Å². The number of benzene rings is 1. The second-order valence-corrected chi connectivity index (χ2v) is 9.97. The maximum absolute atomic E-state index is 11.8. The van der Waals surface area contributed by atoms with Gasteiger partial charge in [0.05, 0.1) is 15.6 Å². The van der Waals surface area contributed by atoms with Gasteiger partial charge in [-0.2, -0.15) is 0 Å². The van der Waals surface area contributed by atoms with Crippen LogP contribution in [-0.2, 0) is 0 Å². The van der Waals surface area contributed by atoms with Gasteiger partial charge in [-0.3, -0.25) is 4.79 Å². The molecule has 0 atom stereocenters. The molecule has 0 heterocycles. The molecule has 0 aliphatic rings. The molecule has 84 valence electrons. The predicted octanol–water partition coefficient (Wildman–Crippen LogP) is 4.06. The molecule has 1 nitrogen and oxygen atoms in total. The number of hydrogen-bond acceptors (Lipinski definition) is 1. The predicted molar refractivity (Wildman–Crippen MR) is 71.9 cm³/mol. The summed E-state index contributed by atoms with van der Waals surface area (Å²) in [7, 11) is -1.54. The lowest BCUT2D eigenvalue weighted by Gasteiger charge is -2.04. The van der Waals surface area contributed by atoms with Gasteiger partial charge >= 0.3 is 0 Å². The van der Waals surface area contributed by atoms with Crippen molar-refractivity contribution in [3.05, 3.63) is 33.8 Å². The second-order valence-electron chi connectivity index (χ2n) is 4.43. The Labute approximate surface area is 107 Å². The lowest BCUT2D eigenvalue weighted by atomic mass is 10.1. The molecule has 0 spiro atoms. The van der Waals surface area contributed by atoms with E-state index in [1.165, 1.54) is 0 Å². The van der Waals surface area contributed by atoms with Gasteiger partial charge in [-0.1, -0.05) is 48.9 Å². The number of ketones is 1. The topological polar surface area (TPSA) is 17.1 Å². The minimum absolute atomic E-state index is 0.269. The van der Waals surface area contributed by atoms with Crippen molar-refractivity contribution in [2.45, 2.75) is 19.6 Å². The summed E-state index contributed by atoms with van der Waals surface area (Å²) in [6.07, 6.45) is 0. The van der Waals surface area contributed by atoms with Crippen molar-refractivity contribution in [3.8, 4) is 11.5 Å². The zero-order valence-electron chi connectivity index (χ0n) is 9.40. The van der Waals surface area contributed by atoms with E-state index in [9.17, 15) is 4.79 Å². The number of halogens is 2. The highest BCUT2D eigenvalue weighted by atomic mass is 35.5. The Morgan fingerprint density at radius 1 is 1.25 bits per heavy atom. The third-order valence-electron chi connectivity index (χ3n) is 1.75. The Balaban J connectivity index is 3.06. The SMILES string of the molecule is C[Si](C)(C)C#CC(=O)c1cccc(Cl)c1Cl. The molecule has 1 aromatic carbocycles. The fourth-order valence-corrected chi connectivity index (χ4v) is 1.87. The monoisotopic (exact) mass is 270 g/mol. The van der Waals surface area contributed by atoms with Crippen LogP contribution in [-0.4, -0.2) is 13.9 Å². The van der Waals surface area contributed by atoms with Crippen LogP contribution in [0.5, 0.6) is 0 Å². The molecule has 0 N–H and O–H groups in total. The van der Waals surface area contributed by atoms with Crippen LogP contribution in [0.15, 0.2) is 18.2 Å². The Kier molecular flexibility index (Phi) is 4.20. The van der Waals surface area contributed by atoms with Crippen molar-refractivity contribution in [3.63, 3.8) is 0 Å². The summed E-state index contributed by atoms with van der Waals surface area (Å²) in [6, 6.07) is 4.97. The number of carbonyl (C=O) groups excluding carboxylic acids is 1. The van der Waals surface area contributed by atoms with Crippen LogP contribution >= 0.6 is 23.2 Å². The number of carbonyl (C=O) groups is 1. The molecular formula is C12H12Cl2OSi. The van der Waals surface area contributed by atoms with Gasteiger partial charge in [0.1, 0.15) is 8.07 Å². The van der Waals surface area contributed by atoms with Gasteiger partial charge in [-0.25, -0.2) is 0 Å². The summed E-state index contributed by atoms with van der Waals surface area (Å²) in [5.41, 5.74) is 3.38. The Hall–Kier alpha value is -0.753. The summed E-state index contributed by atoms with van der Waals surface area (Å²) in [6.45, 7) is 6.23. The third kappa shape index (κ3) is 3.68. The molecule has 0 saturated carbocycles. The van der Waals surface area contributed by atoms with Crippen molar-refractivity contribution in [2.75, 3.05) is 0 Å². The Bertz CT molecular complexity index is 478. The fourth-order valence-electron chi connectivity index (χ4n) is 0.991. The quantitative estimate of drug-likeness (QED) is 0.427. The summed E-state index contributed by atoms with van der Waals surface area (Å²) in [4.78, 5) is 11.8. The van der Waals surface area contributed by atoms with Crippen molar-refractivity contribution in [1.29, 1.82) is 0 Å². The van der Waals surface area contributed by atoms with Crippen molar-refractivity contribution in [2.24, 2.45) is 0 Å². The average molecular weight is 271 g/mol. The molecule has 1 rings (SSSR count). The fraction of sp³-hybridized carbons (Fsp3) is 0.250. The molecule has 0 radical (unpaired) electrons. The minimum Gasteiger partial charge on any atom is -0.279 e. The maximum Gasteiger partial charge on any atom is 0.236 e. The number of hydrogen-bond donors (Lipinski definition) is 0. The van der Waals surface area contributed by atoms with Crippen molar-refractivity contribution < 1.29 is 4.79 Å². The zero-order valence-corrected chi connectivity index (χ0v) is 11.9. The minimum atomic E-state index is -1.54. The molecule has 0 bridgehead atoms. The lowest BCUT2D eigenvalue weighted by molar-refractivity contribution is 0.105. The maximum atomic E-state index is 11.8. The second kappa shape index (κ2) is 5.05. The summed E-state index contributed by atoms with van der Waals surface area (Å²) in [5.74, 6) is 2.37. The van der Waals surface area contributed by atoms with E-state index in [4.69, 9.17) is 23.2 Å². The van der Waals surface area contributed by atoms with E-state index in [2.05, 4.69) is 31.1 Å². The third-order valence-corrected chi connectivity index (χ3v) is 3.44. The van der Waals surface area contributed by atoms with Gasteiger partial charge in [0.25, 0.3) is 0 Å². The highest BCUT2D eigenvalue weighted by Gasteiger charge is 2.12. The van der Waals surface area contributed by atoms with Crippen molar-refractivity contribution in [1.82, 2.24) is 0 Å². The molecule has 0 unspecified atom stereocenters. The lowest BCUT2D eigenvalue weighted by Crippen LogP contribution is -2.17. The molecule has 0 aliphatic carbocycles. The zero-order chi connectivity index (χ0) is 12.3. The van der Waals surface area contributed by atoms with E-state index in [0.29, 0.717) is 10.6 Å². The van der Waals surface area contributed by atoms with Crippen molar-refractivity contribution >= 4 is 37.1 Å². The van der Waals surface area contributed by atoms with E-state index in [1.807, 2.05) is 0 Å². The summed E-state index contributed by atoms with van der Waals surface area (Å²) >= 11 is 11.8. The highest BCUT2D eigenvalue weighted by Crippen LogP contribution is 2.25. The molecule has 4 heteroatoms. The van der Waals surface area contributed by atoms with E-state index in [0.717, 1.165) is 0 Å².